The Bertz CT molecular complexity index is 375. The van der Waals surface area contributed by atoms with Gasteiger partial charge in [-0.3, -0.25) is 4.79 Å². The Morgan fingerprint density at radius 1 is 1.61 bits per heavy atom. The van der Waals surface area contributed by atoms with Crippen LogP contribution < -0.4 is 10.6 Å². The molecule has 1 atom stereocenters. The lowest BCUT2D eigenvalue weighted by Gasteiger charge is -2.09. The summed E-state index contributed by atoms with van der Waals surface area (Å²) >= 11 is 1.54. The molecule has 102 valence electrons. The van der Waals surface area contributed by atoms with Gasteiger partial charge >= 0.3 is 0 Å². The summed E-state index contributed by atoms with van der Waals surface area (Å²) in [6.45, 7) is 5.12. The summed E-state index contributed by atoms with van der Waals surface area (Å²) in [5.41, 5.74) is 1.16. The number of aryl methyl sites for hydroxylation is 1. The fourth-order valence-corrected chi connectivity index (χ4v) is 3.16. The summed E-state index contributed by atoms with van der Waals surface area (Å²) in [6.07, 6.45) is 3.26. The molecule has 3 nitrogen and oxygen atoms in total. The van der Waals surface area contributed by atoms with Crippen molar-refractivity contribution in [3.8, 4) is 0 Å². The highest BCUT2D eigenvalue weighted by atomic mass is 35.5. The van der Waals surface area contributed by atoms with Gasteiger partial charge in [0.2, 0.25) is 0 Å². The second-order valence-electron chi connectivity index (χ2n) is 4.53. The van der Waals surface area contributed by atoms with E-state index in [1.807, 2.05) is 11.4 Å². The van der Waals surface area contributed by atoms with Crippen molar-refractivity contribution in [2.75, 3.05) is 19.6 Å². The summed E-state index contributed by atoms with van der Waals surface area (Å²) in [6, 6.07) is 2.04. The van der Waals surface area contributed by atoms with Gasteiger partial charge in [-0.25, -0.2) is 0 Å². The molecule has 1 saturated heterocycles. The molecule has 2 rings (SSSR count). The SMILES string of the molecule is CCc1ccsc1C(=O)NCCC1CCNC1.Cl. The first-order valence-electron chi connectivity index (χ1n) is 6.36. The van der Waals surface area contributed by atoms with E-state index in [0.717, 1.165) is 48.8 Å². The third-order valence-corrected chi connectivity index (χ3v) is 4.29. The zero-order valence-corrected chi connectivity index (χ0v) is 12.3. The average Bonchev–Trinajstić information content (AvgIpc) is 2.99. The highest BCUT2D eigenvalue weighted by Crippen LogP contribution is 2.17. The molecule has 5 heteroatoms. The standard InChI is InChI=1S/C13H20N2OS.ClH/c1-2-11-5-8-17-12(11)13(16)15-7-4-10-3-6-14-9-10;/h5,8,10,14H,2-4,6-7,9H2,1H3,(H,15,16);1H. The van der Waals surface area contributed by atoms with Crippen molar-refractivity contribution >= 4 is 29.7 Å². The highest BCUT2D eigenvalue weighted by molar-refractivity contribution is 7.12. The number of thiophene rings is 1. The van der Waals surface area contributed by atoms with Gasteiger partial charge < -0.3 is 10.6 Å². The van der Waals surface area contributed by atoms with E-state index in [0.29, 0.717) is 0 Å². The van der Waals surface area contributed by atoms with Crippen LogP contribution in [0.5, 0.6) is 0 Å². The topological polar surface area (TPSA) is 41.1 Å². The van der Waals surface area contributed by atoms with Gasteiger partial charge in [-0.15, -0.1) is 23.7 Å². The Balaban J connectivity index is 0.00000162. The zero-order chi connectivity index (χ0) is 12.1. The third kappa shape index (κ3) is 3.97. The number of carbonyl (C=O) groups excluding carboxylic acids is 1. The summed E-state index contributed by atoms with van der Waals surface area (Å²) in [4.78, 5) is 12.8. The fourth-order valence-electron chi connectivity index (χ4n) is 2.24. The van der Waals surface area contributed by atoms with E-state index < -0.39 is 0 Å². The molecule has 0 radical (unpaired) electrons. The molecule has 1 fully saturated rings. The quantitative estimate of drug-likeness (QED) is 0.874. The van der Waals surface area contributed by atoms with Gasteiger partial charge in [0.05, 0.1) is 4.88 Å². The molecule has 0 aromatic carbocycles. The molecular formula is C13H21ClN2OS. The van der Waals surface area contributed by atoms with Crippen molar-refractivity contribution in [2.45, 2.75) is 26.2 Å². The summed E-state index contributed by atoms with van der Waals surface area (Å²) in [5.74, 6) is 0.840. The molecule has 0 spiro atoms. The molecule has 18 heavy (non-hydrogen) atoms. The minimum atomic E-state index is 0. The molecule has 1 aromatic heterocycles. The summed E-state index contributed by atoms with van der Waals surface area (Å²) in [7, 11) is 0. The number of carbonyl (C=O) groups is 1. The molecule has 1 aromatic rings. The number of hydrogen-bond donors (Lipinski definition) is 2. The van der Waals surface area contributed by atoms with Crippen LogP contribution in [-0.2, 0) is 6.42 Å². The van der Waals surface area contributed by atoms with E-state index in [2.05, 4.69) is 17.6 Å². The molecule has 2 heterocycles. The fraction of sp³-hybridized carbons (Fsp3) is 0.615. The maximum absolute atomic E-state index is 11.9. The van der Waals surface area contributed by atoms with Crippen LogP contribution in [-0.4, -0.2) is 25.5 Å². The number of rotatable bonds is 5. The molecule has 1 aliphatic heterocycles. The van der Waals surface area contributed by atoms with Gasteiger partial charge in [0, 0.05) is 6.54 Å². The summed E-state index contributed by atoms with van der Waals surface area (Å²) in [5, 5.41) is 8.37. The van der Waals surface area contributed by atoms with E-state index in [4.69, 9.17) is 0 Å². The van der Waals surface area contributed by atoms with Gasteiger partial charge in [0.1, 0.15) is 0 Å². The van der Waals surface area contributed by atoms with Crippen LogP contribution in [0.1, 0.15) is 35.0 Å². The van der Waals surface area contributed by atoms with Crippen LogP contribution >= 0.6 is 23.7 Å². The average molecular weight is 289 g/mol. The molecule has 0 saturated carbocycles. The van der Waals surface area contributed by atoms with E-state index in [-0.39, 0.29) is 18.3 Å². The van der Waals surface area contributed by atoms with E-state index in [9.17, 15) is 4.79 Å². The van der Waals surface area contributed by atoms with Crippen molar-refractivity contribution in [2.24, 2.45) is 5.92 Å². The molecule has 1 aliphatic rings. The Hall–Kier alpha value is -0.580. The largest absolute Gasteiger partial charge is 0.351 e. The van der Waals surface area contributed by atoms with Gasteiger partial charge in [0.25, 0.3) is 5.91 Å². The third-order valence-electron chi connectivity index (χ3n) is 3.33. The first-order chi connectivity index (χ1) is 8.31. The second kappa shape index (κ2) is 7.77. The van der Waals surface area contributed by atoms with Gasteiger partial charge in [0.15, 0.2) is 0 Å². The monoisotopic (exact) mass is 288 g/mol. The first-order valence-corrected chi connectivity index (χ1v) is 7.24. The van der Waals surface area contributed by atoms with Crippen LogP contribution in [0, 0.1) is 5.92 Å². The minimum absolute atomic E-state index is 0. The van der Waals surface area contributed by atoms with Crippen LogP contribution in [0.25, 0.3) is 0 Å². The molecule has 1 unspecified atom stereocenters. The second-order valence-corrected chi connectivity index (χ2v) is 5.45. The van der Waals surface area contributed by atoms with Crippen molar-refractivity contribution in [1.82, 2.24) is 10.6 Å². The highest BCUT2D eigenvalue weighted by Gasteiger charge is 2.15. The summed E-state index contributed by atoms with van der Waals surface area (Å²) < 4.78 is 0. The maximum atomic E-state index is 11.9. The van der Waals surface area contributed by atoms with Crippen LogP contribution in [0.4, 0.5) is 0 Å². The van der Waals surface area contributed by atoms with Crippen molar-refractivity contribution in [3.63, 3.8) is 0 Å². The van der Waals surface area contributed by atoms with Gasteiger partial charge in [-0.1, -0.05) is 6.92 Å². The van der Waals surface area contributed by atoms with E-state index in [1.165, 1.54) is 6.42 Å². The Labute approximate surface area is 119 Å². The molecule has 0 aliphatic carbocycles. The Morgan fingerprint density at radius 3 is 3.11 bits per heavy atom. The van der Waals surface area contributed by atoms with Crippen molar-refractivity contribution < 1.29 is 4.79 Å². The number of amides is 1. The van der Waals surface area contributed by atoms with Crippen LogP contribution in [0.3, 0.4) is 0 Å². The van der Waals surface area contributed by atoms with E-state index >= 15 is 0 Å². The Morgan fingerprint density at radius 2 is 2.44 bits per heavy atom. The lowest BCUT2D eigenvalue weighted by Crippen LogP contribution is -2.26. The van der Waals surface area contributed by atoms with E-state index in [1.54, 1.807) is 11.3 Å². The molecular weight excluding hydrogens is 268 g/mol. The molecule has 2 N–H and O–H groups in total. The number of nitrogens with one attached hydrogen (secondary N) is 2. The lowest BCUT2D eigenvalue weighted by molar-refractivity contribution is 0.0955. The number of halogens is 1. The van der Waals surface area contributed by atoms with Crippen molar-refractivity contribution in [1.29, 1.82) is 0 Å². The van der Waals surface area contributed by atoms with Crippen LogP contribution in [0.2, 0.25) is 0 Å². The first kappa shape index (κ1) is 15.5. The van der Waals surface area contributed by atoms with Crippen molar-refractivity contribution in [3.05, 3.63) is 21.9 Å². The smallest absolute Gasteiger partial charge is 0.261 e. The minimum Gasteiger partial charge on any atom is -0.351 e. The zero-order valence-electron chi connectivity index (χ0n) is 10.7. The predicted molar refractivity (Wildman–Crippen MR) is 78.9 cm³/mol. The van der Waals surface area contributed by atoms with Gasteiger partial charge in [-0.2, -0.15) is 0 Å². The normalized spacial score (nSPS) is 18.4. The predicted octanol–water partition coefficient (Wildman–Crippen LogP) is 2.46. The van der Waals surface area contributed by atoms with Gasteiger partial charge in [-0.05, 0) is 55.3 Å². The molecule has 1 amide bonds. The number of hydrogen-bond acceptors (Lipinski definition) is 3. The Kier molecular flexibility index (Phi) is 6.68. The lowest BCUT2D eigenvalue weighted by atomic mass is 10.1. The van der Waals surface area contributed by atoms with Crippen LogP contribution in [0.15, 0.2) is 11.4 Å². The molecule has 0 bridgehead atoms. The maximum Gasteiger partial charge on any atom is 0.261 e.